The number of aromatic nitrogens is 3. The molecule has 1 aliphatic carbocycles. The lowest BCUT2D eigenvalue weighted by Gasteiger charge is -2.44. The van der Waals surface area contributed by atoms with Crippen LogP contribution in [0.2, 0.25) is 5.15 Å². The minimum Gasteiger partial charge on any atom is -0.352 e. The molecule has 2 bridgehead atoms. The monoisotopic (exact) mass is 438 g/mol. The fraction of sp³-hybridized carbons (Fsp3) is 0.650. The van der Waals surface area contributed by atoms with E-state index in [4.69, 9.17) is 11.6 Å². The van der Waals surface area contributed by atoms with Gasteiger partial charge in [0.2, 0.25) is 15.0 Å². The number of rotatable bonds is 3. The molecular weight excluding hydrogens is 415 g/mol. The van der Waals surface area contributed by atoms with Crippen molar-refractivity contribution in [1.29, 1.82) is 0 Å². The van der Waals surface area contributed by atoms with E-state index < -0.39 is 15.7 Å². The zero-order valence-corrected chi connectivity index (χ0v) is 18.1. The molecule has 2 fully saturated rings. The maximum atomic E-state index is 15.0. The van der Waals surface area contributed by atoms with Crippen molar-refractivity contribution in [2.75, 3.05) is 17.2 Å². The second kappa shape index (κ2) is 6.74. The van der Waals surface area contributed by atoms with Gasteiger partial charge in [-0.2, -0.15) is 0 Å². The highest BCUT2D eigenvalue weighted by molar-refractivity contribution is 7.91. The van der Waals surface area contributed by atoms with Gasteiger partial charge in [0.1, 0.15) is 11.3 Å². The van der Waals surface area contributed by atoms with Gasteiger partial charge >= 0.3 is 0 Å². The molecule has 6 nitrogen and oxygen atoms in total. The summed E-state index contributed by atoms with van der Waals surface area (Å²) >= 11 is 6.10. The zero-order valence-electron chi connectivity index (χ0n) is 16.5. The van der Waals surface area contributed by atoms with Crippen molar-refractivity contribution in [2.24, 2.45) is 17.8 Å². The van der Waals surface area contributed by atoms with Crippen LogP contribution in [0.4, 0.5) is 10.2 Å². The second-order valence-corrected chi connectivity index (χ2v) is 11.1. The quantitative estimate of drug-likeness (QED) is 0.536. The molecular formula is C20H24ClFN4O2S. The number of sulfone groups is 1. The van der Waals surface area contributed by atoms with Gasteiger partial charge in [-0.1, -0.05) is 31.9 Å². The molecule has 0 radical (unpaired) electrons. The summed E-state index contributed by atoms with van der Waals surface area (Å²) in [5.74, 6) is 1.06. The van der Waals surface area contributed by atoms with Gasteiger partial charge in [-0.3, -0.25) is 0 Å². The Balaban J connectivity index is 1.85. The summed E-state index contributed by atoms with van der Waals surface area (Å²) in [7, 11) is -3.70. The van der Waals surface area contributed by atoms with Gasteiger partial charge < -0.3 is 4.90 Å². The third-order valence-corrected chi connectivity index (χ3v) is 8.80. The molecule has 0 aromatic carbocycles. The minimum atomic E-state index is -3.70. The van der Waals surface area contributed by atoms with Crippen LogP contribution in [-0.2, 0) is 16.3 Å². The van der Waals surface area contributed by atoms with Crippen molar-refractivity contribution >= 4 is 38.2 Å². The van der Waals surface area contributed by atoms with E-state index in [-0.39, 0.29) is 27.6 Å². The first-order valence-corrected chi connectivity index (χ1v) is 12.4. The molecule has 0 unspecified atom stereocenters. The van der Waals surface area contributed by atoms with E-state index in [9.17, 15) is 12.8 Å². The standard InChI is InChI=1S/C20H24ClFN4O2S/c1-3-11-8-13-14-16(15(22)18(21)23-13)24-20(29(27,28)4-2)25-19(14)26-9-10-5-6-12(7-10)17(11)26/h10-12,17H,3-9H2,1-2H3/t10-,11-,12+,17-/m0/s1. The smallest absolute Gasteiger partial charge is 0.249 e. The molecule has 2 aliphatic heterocycles. The van der Waals surface area contributed by atoms with E-state index in [1.807, 2.05) is 0 Å². The topological polar surface area (TPSA) is 76.0 Å². The van der Waals surface area contributed by atoms with Crippen molar-refractivity contribution < 1.29 is 12.8 Å². The predicted molar refractivity (Wildman–Crippen MR) is 109 cm³/mol. The maximum Gasteiger partial charge on any atom is 0.249 e. The van der Waals surface area contributed by atoms with Crippen LogP contribution in [0.5, 0.6) is 0 Å². The molecule has 0 N–H and O–H groups in total. The number of hydrogen-bond donors (Lipinski definition) is 0. The number of hydrogen-bond acceptors (Lipinski definition) is 6. The van der Waals surface area contributed by atoms with Crippen LogP contribution in [0.15, 0.2) is 5.16 Å². The van der Waals surface area contributed by atoms with Gasteiger partial charge in [0, 0.05) is 12.6 Å². The van der Waals surface area contributed by atoms with Gasteiger partial charge in [-0.15, -0.1) is 0 Å². The van der Waals surface area contributed by atoms with Gasteiger partial charge in [0.05, 0.1) is 16.8 Å². The Bertz CT molecular complexity index is 1110. The molecule has 1 saturated carbocycles. The summed E-state index contributed by atoms with van der Waals surface area (Å²) in [5.41, 5.74) is 0.657. The van der Waals surface area contributed by atoms with Crippen LogP contribution in [0, 0.1) is 23.6 Å². The Morgan fingerprint density at radius 3 is 2.72 bits per heavy atom. The number of piperidine rings is 1. The molecule has 4 heterocycles. The van der Waals surface area contributed by atoms with E-state index >= 15 is 0 Å². The fourth-order valence-electron chi connectivity index (χ4n) is 5.66. The normalized spacial score (nSPS) is 28.5. The second-order valence-electron chi connectivity index (χ2n) is 8.57. The van der Waals surface area contributed by atoms with Crippen molar-refractivity contribution in [1.82, 2.24) is 15.0 Å². The first kappa shape index (κ1) is 19.4. The van der Waals surface area contributed by atoms with Gasteiger partial charge in [-0.25, -0.2) is 27.8 Å². The Labute approximate surface area is 174 Å². The van der Waals surface area contributed by atoms with Crippen molar-refractivity contribution in [3.63, 3.8) is 0 Å². The molecule has 5 rings (SSSR count). The van der Waals surface area contributed by atoms with Crippen LogP contribution in [0.25, 0.3) is 10.9 Å². The first-order chi connectivity index (χ1) is 13.8. The van der Waals surface area contributed by atoms with Crippen molar-refractivity contribution in [3.8, 4) is 0 Å². The third-order valence-electron chi connectivity index (χ3n) is 7.05. The van der Waals surface area contributed by atoms with Crippen LogP contribution in [-0.4, -0.2) is 41.7 Å². The maximum absolute atomic E-state index is 15.0. The highest BCUT2D eigenvalue weighted by Gasteiger charge is 2.46. The molecule has 156 valence electrons. The summed E-state index contributed by atoms with van der Waals surface area (Å²) in [5, 5.41) is -0.0429. The highest BCUT2D eigenvalue weighted by Crippen LogP contribution is 2.49. The molecule has 0 spiro atoms. The van der Waals surface area contributed by atoms with E-state index in [1.54, 1.807) is 6.92 Å². The molecule has 2 aromatic heterocycles. The third kappa shape index (κ3) is 2.86. The van der Waals surface area contributed by atoms with Gasteiger partial charge in [0.25, 0.3) is 0 Å². The molecule has 3 aliphatic rings. The lowest BCUT2D eigenvalue weighted by molar-refractivity contribution is 0.247. The van der Waals surface area contributed by atoms with E-state index in [0.717, 1.165) is 13.0 Å². The fourth-order valence-corrected chi connectivity index (χ4v) is 6.57. The van der Waals surface area contributed by atoms with Crippen LogP contribution in [0.1, 0.15) is 45.2 Å². The van der Waals surface area contributed by atoms with Crippen LogP contribution >= 0.6 is 11.6 Å². The molecule has 1 saturated heterocycles. The lowest BCUT2D eigenvalue weighted by atomic mass is 9.80. The molecule has 9 heteroatoms. The van der Waals surface area contributed by atoms with E-state index in [0.29, 0.717) is 41.1 Å². The zero-order chi connectivity index (χ0) is 20.5. The largest absolute Gasteiger partial charge is 0.352 e. The average molecular weight is 439 g/mol. The molecule has 0 amide bonds. The summed E-state index contributed by atoms with van der Waals surface area (Å²) in [6.45, 7) is 4.53. The first-order valence-electron chi connectivity index (χ1n) is 10.4. The Kier molecular flexibility index (Phi) is 4.51. The summed E-state index contributed by atoms with van der Waals surface area (Å²) in [6.07, 6.45) is 5.19. The predicted octanol–water partition coefficient (Wildman–Crippen LogP) is 3.80. The number of halogens is 2. The van der Waals surface area contributed by atoms with E-state index in [2.05, 4.69) is 26.8 Å². The minimum absolute atomic E-state index is 0.0227. The molecule has 2 aromatic rings. The Hall–Kier alpha value is -1.54. The van der Waals surface area contributed by atoms with Crippen molar-refractivity contribution in [3.05, 3.63) is 16.7 Å². The van der Waals surface area contributed by atoms with E-state index in [1.165, 1.54) is 19.3 Å². The Morgan fingerprint density at radius 1 is 1.21 bits per heavy atom. The highest BCUT2D eigenvalue weighted by atomic mass is 35.5. The summed E-state index contributed by atoms with van der Waals surface area (Å²) in [4.78, 5) is 15.3. The molecule has 29 heavy (non-hydrogen) atoms. The number of anilines is 1. The lowest BCUT2D eigenvalue weighted by Crippen LogP contribution is -2.50. The number of fused-ring (bicyclic) bond motifs is 5. The van der Waals surface area contributed by atoms with Gasteiger partial charge in [-0.05, 0) is 43.4 Å². The summed E-state index contributed by atoms with van der Waals surface area (Å²) < 4.78 is 40.2. The van der Waals surface area contributed by atoms with Gasteiger partial charge in [0.15, 0.2) is 11.0 Å². The summed E-state index contributed by atoms with van der Waals surface area (Å²) in [6, 6.07) is 0.255. The number of pyridine rings is 1. The molecule has 4 atom stereocenters. The average Bonchev–Trinajstić information content (AvgIpc) is 3.03. The van der Waals surface area contributed by atoms with Crippen LogP contribution in [0.3, 0.4) is 0 Å². The Morgan fingerprint density at radius 2 is 2.00 bits per heavy atom. The number of nitrogens with zero attached hydrogens (tertiary/aromatic N) is 4. The van der Waals surface area contributed by atoms with Crippen LogP contribution < -0.4 is 4.90 Å². The SMILES string of the molecule is CC[C@H]1Cc2nc(Cl)c(F)c3nc(S(=O)(=O)CC)nc(c23)N2C[C@H]3CC[C@H](C3)[C@H]12. The van der Waals surface area contributed by atoms with Crippen molar-refractivity contribution in [2.45, 2.75) is 57.1 Å².